The number of hydrogen-bond donors (Lipinski definition) is 0. The van der Waals surface area contributed by atoms with Gasteiger partial charge in [0, 0.05) is 10.9 Å². The summed E-state index contributed by atoms with van der Waals surface area (Å²) in [5.41, 5.74) is 1.53. The molecular formula is C18H13FO2. The zero-order valence-corrected chi connectivity index (χ0v) is 11.3. The molecule has 104 valence electrons. The maximum atomic E-state index is 12.9. The number of carbonyl (C=O) groups excluding carboxylic acids is 1. The predicted octanol–water partition coefficient (Wildman–Crippen LogP) is 4.37. The number of hydrogen-bond acceptors (Lipinski definition) is 2. The molecule has 3 aromatic carbocycles. The van der Waals surface area contributed by atoms with Crippen LogP contribution in [0.25, 0.3) is 10.8 Å². The average Bonchev–Trinajstić information content (AvgIpc) is 2.54. The Morgan fingerprint density at radius 1 is 0.905 bits per heavy atom. The van der Waals surface area contributed by atoms with Crippen LogP contribution in [-0.2, 0) is 6.61 Å². The summed E-state index contributed by atoms with van der Waals surface area (Å²) in [5, 5.41) is 1.76. The number of halogens is 1. The first kappa shape index (κ1) is 13.3. The number of rotatable bonds is 4. The van der Waals surface area contributed by atoms with Gasteiger partial charge in [-0.05, 0) is 35.2 Å². The summed E-state index contributed by atoms with van der Waals surface area (Å²) in [7, 11) is 0. The minimum Gasteiger partial charge on any atom is -0.488 e. The van der Waals surface area contributed by atoms with E-state index in [1.165, 1.54) is 12.1 Å². The van der Waals surface area contributed by atoms with Gasteiger partial charge in [0.1, 0.15) is 18.2 Å². The van der Waals surface area contributed by atoms with Crippen molar-refractivity contribution in [3.8, 4) is 5.75 Å². The van der Waals surface area contributed by atoms with Crippen molar-refractivity contribution < 1.29 is 13.9 Å². The predicted molar refractivity (Wildman–Crippen MR) is 80.1 cm³/mol. The molecule has 0 bridgehead atoms. The first-order chi connectivity index (χ1) is 10.3. The Morgan fingerprint density at radius 2 is 1.62 bits per heavy atom. The van der Waals surface area contributed by atoms with E-state index in [1.807, 2.05) is 24.3 Å². The molecule has 0 aliphatic rings. The highest BCUT2D eigenvalue weighted by Crippen LogP contribution is 2.28. The zero-order valence-electron chi connectivity index (χ0n) is 11.3. The largest absolute Gasteiger partial charge is 0.488 e. The normalized spacial score (nSPS) is 10.5. The molecule has 2 nitrogen and oxygen atoms in total. The Hall–Kier alpha value is -2.68. The molecule has 0 aliphatic carbocycles. The molecule has 0 radical (unpaired) electrons. The van der Waals surface area contributed by atoms with Gasteiger partial charge in [0.05, 0.1) is 0 Å². The molecule has 0 amide bonds. The molecule has 0 saturated heterocycles. The Morgan fingerprint density at radius 3 is 2.33 bits per heavy atom. The van der Waals surface area contributed by atoms with Crippen LogP contribution in [0.2, 0.25) is 0 Å². The van der Waals surface area contributed by atoms with Crippen molar-refractivity contribution in [1.29, 1.82) is 0 Å². The van der Waals surface area contributed by atoms with E-state index in [1.54, 1.807) is 24.3 Å². The van der Waals surface area contributed by atoms with Gasteiger partial charge in [0.2, 0.25) is 0 Å². The molecular weight excluding hydrogens is 267 g/mol. The van der Waals surface area contributed by atoms with Crippen molar-refractivity contribution in [2.45, 2.75) is 6.61 Å². The number of ether oxygens (including phenoxy) is 1. The molecule has 0 atom stereocenters. The minimum absolute atomic E-state index is 0.264. The third-order valence-corrected chi connectivity index (χ3v) is 3.35. The second-order valence-corrected chi connectivity index (χ2v) is 4.73. The fraction of sp³-hybridized carbons (Fsp3) is 0.0556. The van der Waals surface area contributed by atoms with Crippen molar-refractivity contribution in [1.82, 2.24) is 0 Å². The number of carbonyl (C=O) groups is 1. The first-order valence-electron chi connectivity index (χ1n) is 6.62. The molecule has 3 rings (SSSR count). The SMILES string of the molecule is O=Cc1ccc(OCc2ccc(F)cc2)c2ccccc12. The second-order valence-electron chi connectivity index (χ2n) is 4.73. The van der Waals surface area contributed by atoms with E-state index in [0.717, 1.165) is 22.6 Å². The van der Waals surface area contributed by atoms with Crippen LogP contribution in [0.15, 0.2) is 60.7 Å². The van der Waals surface area contributed by atoms with Gasteiger partial charge in [-0.2, -0.15) is 0 Å². The number of aldehydes is 1. The van der Waals surface area contributed by atoms with E-state index in [-0.39, 0.29) is 5.82 Å². The van der Waals surface area contributed by atoms with Crippen LogP contribution < -0.4 is 4.74 Å². The van der Waals surface area contributed by atoms with Gasteiger partial charge in [0.15, 0.2) is 6.29 Å². The summed E-state index contributed by atoms with van der Waals surface area (Å²) in [5.74, 6) is 0.445. The van der Waals surface area contributed by atoms with E-state index in [4.69, 9.17) is 4.74 Å². The Balaban J connectivity index is 1.90. The smallest absolute Gasteiger partial charge is 0.150 e. The average molecular weight is 280 g/mol. The van der Waals surface area contributed by atoms with Crippen LogP contribution in [0.3, 0.4) is 0 Å². The van der Waals surface area contributed by atoms with Crippen molar-refractivity contribution in [2.75, 3.05) is 0 Å². The maximum Gasteiger partial charge on any atom is 0.150 e. The van der Waals surface area contributed by atoms with Crippen LogP contribution in [0.1, 0.15) is 15.9 Å². The second kappa shape index (κ2) is 5.75. The first-order valence-corrected chi connectivity index (χ1v) is 6.62. The molecule has 3 aromatic rings. The van der Waals surface area contributed by atoms with Crippen LogP contribution >= 0.6 is 0 Å². The minimum atomic E-state index is -0.264. The third-order valence-electron chi connectivity index (χ3n) is 3.35. The lowest BCUT2D eigenvalue weighted by atomic mass is 10.0. The lowest BCUT2D eigenvalue weighted by Gasteiger charge is -2.10. The van der Waals surface area contributed by atoms with E-state index >= 15 is 0 Å². The number of benzene rings is 3. The summed E-state index contributed by atoms with van der Waals surface area (Å²) < 4.78 is 18.7. The standard InChI is InChI=1S/C18H13FO2/c19-15-8-5-13(6-9-15)12-21-18-10-7-14(11-20)16-3-1-2-4-17(16)18/h1-11H,12H2. The van der Waals surface area contributed by atoms with Crippen LogP contribution in [0, 0.1) is 5.82 Å². The van der Waals surface area contributed by atoms with Crippen molar-refractivity contribution in [2.24, 2.45) is 0 Å². The molecule has 3 heteroatoms. The topological polar surface area (TPSA) is 26.3 Å². The fourth-order valence-corrected chi connectivity index (χ4v) is 2.27. The summed E-state index contributed by atoms with van der Waals surface area (Å²) in [6, 6.07) is 17.3. The van der Waals surface area contributed by atoms with Crippen molar-refractivity contribution in [3.05, 3.63) is 77.6 Å². The van der Waals surface area contributed by atoms with E-state index < -0.39 is 0 Å². The van der Waals surface area contributed by atoms with Gasteiger partial charge in [-0.3, -0.25) is 4.79 Å². The van der Waals surface area contributed by atoms with E-state index in [9.17, 15) is 9.18 Å². The van der Waals surface area contributed by atoms with Gasteiger partial charge in [0.25, 0.3) is 0 Å². The van der Waals surface area contributed by atoms with Gasteiger partial charge < -0.3 is 4.74 Å². The summed E-state index contributed by atoms with van der Waals surface area (Å²) in [6.07, 6.45) is 0.839. The van der Waals surface area contributed by atoms with Crippen LogP contribution in [0.4, 0.5) is 4.39 Å². The molecule has 0 aromatic heterocycles. The fourth-order valence-electron chi connectivity index (χ4n) is 2.27. The lowest BCUT2D eigenvalue weighted by molar-refractivity contribution is 0.112. The quantitative estimate of drug-likeness (QED) is 0.663. The van der Waals surface area contributed by atoms with Gasteiger partial charge in [-0.1, -0.05) is 36.4 Å². The van der Waals surface area contributed by atoms with Crippen molar-refractivity contribution in [3.63, 3.8) is 0 Å². The molecule has 0 N–H and O–H groups in total. The Labute approximate surface area is 121 Å². The molecule has 0 aliphatic heterocycles. The van der Waals surface area contributed by atoms with Gasteiger partial charge in [-0.15, -0.1) is 0 Å². The van der Waals surface area contributed by atoms with Gasteiger partial charge >= 0.3 is 0 Å². The number of fused-ring (bicyclic) bond motifs is 1. The van der Waals surface area contributed by atoms with Gasteiger partial charge in [-0.25, -0.2) is 4.39 Å². The monoisotopic (exact) mass is 280 g/mol. The molecule has 21 heavy (non-hydrogen) atoms. The highest BCUT2D eigenvalue weighted by molar-refractivity contribution is 6.00. The third kappa shape index (κ3) is 2.77. The molecule has 0 heterocycles. The lowest BCUT2D eigenvalue weighted by Crippen LogP contribution is -1.97. The maximum absolute atomic E-state index is 12.9. The van der Waals surface area contributed by atoms with E-state index in [0.29, 0.717) is 17.9 Å². The zero-order chi connectivity index (χ0) is 14.7. The molecule has 0 saturated carbocycles. The van der Waals surface area contributed by atoms with E-state index in [2.05, 4.69) is 0 Å². The summed E-state index contributed by atoms with van der Waals surface area (Å²) in [4.78, 5) is 11.1. The molecule has 0 unspecified atom stereocenters. The van der Waals surface area contributed by atoms with Crippen LogP contribution in [-0.4, -0.2) is 6.29 Å². The Bertz CT molecular complexity index is 779. The summed E-state index contributed by atoms with van der Waals surface area (Å²) >= 11 is 0. The molecule has 0 fully saturated rings. The summed E-state index contributed by atoms with van der Waals surface area (Å²) in [6.45, 7) is 0.352. The van der Waals surface area contributed by atoms with Crippen molar-refractivity contribution >= 4 is 17.1 Å². The van der Waals surface area contributed by atoms with Crippen LogP contribution in [0.5, 0.6) is 5.75 Å². The molecule has 0 spiro atoms. The Kier molecular flexibility index (Phi) is 3.65. The highest BCUT2D eigenvalue weighted by atomic mass is 19.1. The highest BCUT2D eigenvalue weighted by Gasteiger charge is 2.06.